The number of rotatable bonds is 2. The molecule has 0 saturated carbocycles. The highest BCUT2D eigenvalue weighted by molar-refractivity contribution is 5.88. The summed E-state index contributed by atoms with van der Waals surface area (Å²) >= 11 is 0. The molecule has 3 aromatic carbocycles. The predicted octanol–water partition coefficient (Wildman–Crippen LogP) is 5.05. The lowest BCUT2D eigenvalue weighted by Crippen LogP contribution is -1.91. The van der Waals surface area contributed by atoms with Crippen LogP contribution in [0.2, 0.25) is 0 Å². The first-order chi connectivity index (χ1) is 9.24. The van der Waals surface area contributed by atoms with Gasteiger partial charge in [-0.25, -0.2) is 0 Å². The summed E-state index contributed by atoms with van der Waals surface area (Å²) in [5.74, 6) is 0. The van der Waals surface area contributed by atoms with Crippen molar-refractivity contribution in [1.82, 2.24) is 0 Å². The molecule has 94 valence electrons. The molecule has 0 heterocycles. The fourth-order valence-electron chi connectivity index (χ4n) is 2.59. The summed E-state index contributed by atoms with van der Waals surface area (Å²) in [7, 11) is 0. The maximum Gasteiger partial charge on any atom is -0.00196 e. The molecule has 0 atom stereocenters. The van der Waals surface area contributed by atoms with Crippen molar-refractivity contribution in [3.63, 3.8) is 0 Å². The van der Waals surface area contributed by atoms with Crippen LogP contribution in [0, 0.1) is 13.8 Å². The Bertz CT molecular complexity index is 706. The Labute approximate surface area is 114 Å². The molecular weight excluding hydrogens is 228 g/mol. The smallest absolute Gasteiger partial charge is 0.00196 e. The average molecular weight is 246 g/mol. The molecule has 0 heteroatoms. The molecular formula is C19H18. The predicted molar refractivity (Wildman–Crippen MR) is 82.7 cm³/mol. The van der Waals surface area contributed by atoms with Crippen molar-refractivity contribution < 1.29 is 0 Å². The molecule has 0 spiro atoms. The molecule has 0 bridgehead atoms. The Kier molecular flexibility index (Phi) is 3.08. The van der Waals surface area contributed by atoms with Gasteiger partial charge in [0.15, 0.2) is 0 Å². The summed E-state index contributed by atoms with van der Waals surface area (Å²) in [6.45, 7) is 4.31. The van der Waals surface area contributed by atoms with Gasteiger partial charge in [-0.05, 0) is 47.7 Å². The first-order valence-electron chi connectivity index (χ1n) is 6.77. The van der Waals surface area contributed by atoms with E-state index in [4.69, 9.17) is 0 Å². The molecule has 19 heavy (non-hydrogen) atoms. The van der Waals surface area contributed by atoms with Gasteiger partial charge in [0.1, 0.15) is 0 Å². The van der Waals surface area contributed by atoms with Crippen molar-refractivity contribution in [2.24, 2.45) is 0 Å². The fourth-order valence-corrected chi connectivity index (χ4v) is 2.59. The highest BCUT2D eigenvalue weighted by Gasteiger charge is 2.04. The van der Waals surface area contributed by atoms with Gasteiger partial charge in [-0.1, -0.05) is 66.2 Å². The second kappa shape index (κ2) is 4.89. The van der Waals surface area contributed by atoms with Crippen molar-refractivity contribution in [1.29, 1.82) is 0 Å². The minimum absolute atomic E-state index is 1.00. The molecule has 0 aliphatic carbocycles. The summed E-state index contributed by atoms with van der Waals surface area (Å²) in [5, 5.41) is 2.75. The quantitative estimate of drug-likeness (QED) is 0.593. The Morgan fingerprint density at radius 3 is 2.11 bits per heavy atom. The maximum atomic E-state index is 2.26. The average Bonchev–Trinajstić information content (AvgIpc) is 2.45. The maximum absolute atomic E-state index is 2.26. The van der Waals surface area contributed by atoms with E-state index in [-0.39, 0.29) is 0 Å². The first-order valence-corrected chi connectivity index (χ1v) is 6.77. The van der Waals surface area contributed by atoms with Crippen LogP contribution >= 0.6 is 0 Å². The van der Waals surface area contributed by atoms with Crippen LogP contribution in [0.1, 0.15) is 22.3 Å². The van der Waals surface area contributed by atoms with Crippen molar-refractivity contribution in [2.45, 2.75) is 20.3 Å². The van der Waals surface area contributed by atoms with E-state index in [0.29, 0.717) is 0 Å². The summed E-state index contributed by atoms with van der Waals surface area (Å²) in [6, 6.07) is 22.0. The lowest BCUT2D eigenvalue weighted by atomic mass is 9.95. The van der Waals surface area contributed by atoms with Crippen molar-refractivity contribution in [3.05, 3.63) is 82.9 Å². The molecule has 0 nitrogen and oxygen atoms in total. The van der Waals surface area contributed by atoms with Gasteiger partial charge in [-0.2, -0.15) is 0 Å². The van der Waals surface area contributed by atoms with Gasteiger partial charge < -0.3 is 0 Å². The third kappa shape index (κ3) is 2.39. The number of hydrogen-bond donors (Lipinski definition) is 0. The first kappa shape index (κ1) is 12.0. The monoisotopic (exact) mass is 246 g/mol. The SMILES string of the molecule is Cc1ccc(Cc2ccc(C)c3ccccc23)cc1. The molecule has 0 aromatic heterocycles. The van der Waals surface area contributed by atoms with E-state index >= 15 is 0 Å². The largest absolute Gasteiger partial charge is 0.0616 e. The minimum atomic E-state index is 1.00. The van der Waals surface area contributed by atoms with Crippen LogP contribution in [-0.2, 0) is 6.42 Å². The second-order valence-corrected chi connectivity index (χ2v) is 5.25. The van der Waals surface area contributed by atoms with Crippen LogP contribution in [0.15, 0.2) is 60.7 Å². The summed E-state index contributed by atoms with van der Waals surface area (Å²) in [6.07, 6.45) is 1.00. The van der Waals surface area contributed by atoms with Crippen LogP contribution in [-0.4, -0.2) is 0 Å². The van der Waals surface area contributed by atoms with Gasteiger partial charge in [-0.15, -0.1) is 0 Å². The van der Waals surface area contributed by atoms with Gasteiger partial charge >= 0.3 is 0 Å². The lowest BCUT2D eigenvalue weighted by molar-refractivity contribution is 1.20. The number of aryl methyl sites for hydroxylation is 2. The van der Waals surface area contributed by atoms with E-state index in [1.54, 1.807) is 0 Å². The second-order valence-electron chi connectivity index (χ2n) is 5.25. The van der Waals surface area contributed by atoms with Gasteiger partial charge in [-0.3, -0.25) is 0 Å². The summed E-state index contributed by atoms with van der Waals surface area (Å²) < 4.78 is 0. The molecule has 0 aliphatic heterocycles. The highest BCUT2D eigenvalue weighted by atomic mass is 14.1. The molecule has 0 amide bonds. The fraction of sp³-hybridized carbons (Fsp3) is 0.158. The van der Waals surface area contributed by atoms with Gasteiger partial charge in [0.25, 0.3) is 0 Å². The molecule has 0 unspecified atom stereocenters. The molecule has 0 fully saturated rings. The number of fused-ring (bicyclic) bond motifs is 1. The van der Waals surface area contributed by atoms with E-state index in [1.165, 1.54) is 33.0 Å². The van der Waals surface area contributed by atoms with E-state index in [0.717, 1.165) is 6.42 Å². The third-order valence-electron chi connectivity index (χ3n) is 3.75. The summed E-state index contributed by atoms with van der Waals surface area (Å²) in [5.41, 5.74) is 5.45. The van der Waals surface area contributed by atoms with Crippen LogP contribution in [0.25, 0.3) is 10.8 Å². The standard InChI is InChI=1S/C19H18/c1-14-7-10-16(11-8-14)13-17-12-9-15(2)18-5-3-4-6-19(17)18/h3-12H,13H2,1-2H3. The Morgan fingerprint density at radius 1 is 0.684 bits per heavy atom. The van der Waals surface area contributed by atoms with E-state index in [2.05, 4.69) is 74.5 Å². The Balaban J connectivity index is 2.06. The van der Waals surface area contributed by atoms with Crippen molar-refractivity contribution in [2.75, 3.05) is 0 Å². The van der Waals surface area contributed by atoms with Crippen LogP contribution in [0.4, 0.5) is 0 Å². The molecule has 0 radical (unpaired) electrons. The van der Waals surface area contributed by atoms with Crippen molar-refractivity contribution in [3.8, 4) is 0 Å². The normalized spacial score (nSPS) is 10.8. The van der Waals surface area contributed by atoms with Gasteiger partial charge in [0.05, 0.1) is 0 Å². The van der Waals surface area contributed by atoms with Crippen molar-refractivity contribution >= 4 is 10.8 Å². The van der Waals surface area contributed by atoms with E-state index in [1.807, 2.05) is 0 Å². The molecule has 3 rings (SSSR count). The van der Waals surface area contributed by atoms with E-state index < -0.39 is 0 Å². The Hall–Kier alpha value is -2.08. The minimum Gasteiger partial charge on any atom is -0.0616 e. The van der Waals surface area contributed by atoms with Crippen LogP contribution < -0.4 is 0 Å². The zero-order valence-corrected chi connectivity index (χ0v) is 11.5. The van der Waals surface area contributed by atoms with E-state index in [9.17, 15) is 0 Å². The lowest BCUT2D eigenvalue weighted by Gasteiger charge is -2.09. The third-order valence-corrected chi connectivity index (χ3v) is 3.75. The van der Waals surface area contributed by atoms with Gasteiger partial charge in [0.2, 0.25) is 0 Å². The molecule has 0 aliphatic rings. The Morgan fingerprint density at radius 2 is 1.37 bits per heavy atom. The summed E-state index contributed by atoms with van der Waals surface area (Å²) in [4.78, 5) is 0. The molecule has 3 aromatic rings. The van der Waals surface area contributed by atoms with Gasteiger partial charge in [0, 0.05) is 0 Å². The zero-order chi connectivity index (χ0) is 13.2. The van der Waals surface area contributed by atoms with Crippen LogP contribution in [0.3, 0.4) is 0 Å². The number of benzene rings is 3. The topological polar surface area (TPSA) is 0 Å². The highest BCUT2D eigenvalue weighted by Crippen LogP contribution is 2.24. The van der Waals surface area contributed by atoms with Crippen LogP contribution in [0.5, 0.6) is 0 Å². The zero-order valence-electron chi connectivity index (χ0n) is 11.5. The molecule has 0 N–H and O–H groups in total. The molecule has 0 saturated heterocycles. The number of hydrogen-bond acceptors (Lipinski definition) is 0.